The van der Waals surface area contributed by atoms with Gasteiger partial charge in [-0.15, -0.1) is 0 Å². The van der Waals surface area contributed by atoms with Gasteiger partial charge in [0.1, 0.15) is 12.1 Å². The molecule has 9 heteroatoms. The van der Waals surface area contributed by atoms with Gasteiger partial charge in [-0.05, 0) is 86.1 Å². The maximum absolute atomic E-state index is 13.0. The minimum absolute atomic E-state index is 0.0996. The van der Waals surface area contributed by atoms with Crippen LogP contribution in [0.3, 0.4) is 0 Å². The number of aromatic nitrogens is 1. The van der Waals surface area contributed by atoms with Crippen molar-refractivity contribution in [2.45, 2.75) is 57.0 Å². The van der Waals surface area contributed by atoms with Crippen molar-refractivity contribution in [1.29, 1.82) is 0 Å². The summed E-state index contributed by atoms with van der Waals surface area (Å²) < 4.78 is 0. The molecule has 3 aliphatic rings. The number of likely N-dealkylation sites (tertiary alicyclic amines) is 2. The fraction of sp³-hybridized carbons (Fsp3) is 0.343. The molecule has 2 aliphatic heterocycles. The molecular weight excluding hydrogens is 554 g/mol. The minimum Gasteiger partial charge on any atom is -0.330 e. The Morgan fingerprint density at radius 3 is 1.73 bits per heavy atom. The van der Waals surface area contributed by atoms with E-state index in [4.69, 9.17) is 0 Å². The molecule has 2 saturated heterocycles. The monoisotopic (exact) mass is 591 g/mol. The van der Waals surface area contributed by atoms with E-state index < -0.39 is 6.04 Å². The summed E-state index contributed by atoms with van der Waals surface area (Å²) in [5, 5.41) is 5.94. The molecule has 1 aliphatic carbocycles. The van der Waals surface area contributed by atoms with Gasteiger partial charge in [-0.1, -0.05) is 42.8 Å². The fourth-order valence-corrected chi connectivity index (χ4v) is 6.13. The smallest absolute Gasteiger partial charge is 0.256 e. The number of nitrogens with one attached hydrogen (secondary N) is 2. The molecular formula is C35H37N5O4. The van der Waals surface area contributed by atoms with Crippen molar-refractivity contribution in [3.05, 3.63) is 89.7 Å². The number of carbonyl (C=O) groups excluding carboxylic acids is 4. The number of pyridine rings is 1. The summed E-state index contributed by atoms with van der Waals surface area (Å²) in [6, 6.07) is 17.7. The molecule has 44 heavy (non-hydrogen) atoms. The molecule has 3 aromatic rings. The number of carbonyl (C=O) groups is 4. The van der Waals surface area contributed by atoms with Crippen LogP contribution in [-0.4, -0.2) is 63.6 Å². The van der Waals surface area contributed by atoms with E-state index >= 15 is 0 Å². The molecule has 2 aromatic carbocycles. The summed E-state index contributed by atoms with van der Waals surface area (Å²) in [5.41, 5.74) is 3.80. The molecule has 0 bridgehead atoms. The average Bonchev–Trinajstić information content (AvgIpc) is 3.72. The Morgan fingerprint density at radius 1 is 0.682 bits per heavy atom. The number of anilines is 2. The normalized spacial score (nSPS) is 20.0. The number of benzene rings is 2. The SMILES string of the molecule is O=C(Nc1ccc(C=Cc2ccc(NC(=O)[C@@H]3CCCN3C(=O)C3CCC3)cc2)cc1)[C@@H]1CCCN1C(=O)c1cccnc1. The second kappa shape index (κ2) is 13.2. The van der Waals surface area contributed by atoms with Gasteiger partial charge < -0.3 is 20.4 Å². The lowest BCUT2D eigenvalue weighted by molar-refractivity contribution is -0.142. The number of amides is 4. The van der Waals surface area contributed by atoms with E-state index in [1.54, 1.807) is 28.1 Å². The largest absolute Gasteiger partial charge is 0.330 e. The van der Waals surface area contributed by atoms with Crippen molar-refractivity contribution in [1.82, 2.24) is 14.8 Å². The second-order valence-corrected chi connectivity index (χ2v) is 11.8. The van der Waals surface area contributed by atoms with Crippen LogP contribution in [0.4, 0.5) is 11.4 Å². The van der Waals surface area contributed by atoms with Gasteiger partial charge >= 0.3 is 0 Å². The van der Waals surface area contributed by atoms with Gasteiger partial charge in [-0.25, -0.2) is 0 Å². The first kappa shape index (κ1) is 29.3. The average molecular weight is 592 g/mol. The van der Waals surface area contributed by atoms with Crippen molar-refractivity contribution in [2.24, 2.45) is 5.92 Å². The number of nitrogens with zero attached hydrogens (tertiary/aromatic N) is 3. The minimum atomic E-state index is -0.512. The van der Waals surface area contributed by atoms with Gasteiger partial charge in [0.25, 0.3) is 5.91 Å². The van der Waals surface area contributed by atoms with Crippen LogP contribution in [0.15, 0.2) is 73.1 Å². The molecule has 226 valence electrons. The van der Waals surface area contributed by atoms with Crippen LogP contribution in [0.25, 0.3) is 12.2 Å². The second-order valence-electron chi connectivity index (χ2n) is 11.8. The Labute approximate surface area is 257 Å². The molecule has 0 unspecified atom stereocenters. The molecule has 9 nitrogen and oxygen atoms in total. The van der Waals surface area contributed by atoms with Crippen molar-refractivity contribution in [3.8, 4) is 0 Å². The lowest BCUT2D eigenvalue weighted by atomic mass is 9.84. The number of rotatable bonds is 8. The molecule has 2 N–H and O–H groups in total. The Balaban J connectivity index is 1.00. The van der Waals surface area contributed by atoms with E-state index in [0.29, 0.717) is 42.9 Å². The van der Waals surface area contributed by atoms with Crippen molar-refractivity contribution in [3.63, 3.8) is 0 Å². The van der Waals surface area contributed by atoms with Gasteiger partial charge in [-0.3, -0.25) is 24.2 Å². The van der Waals surface area contributed by atoms with Crippen LogP contribution in [0.1, 0.15) is 66.4 Å². The zero-order chi connectivity index (χ0) is 30.5. The maximum Gasteiger partial charge on any atom is 0.256 e. The van der Waals surface area contributed by atoms with Crippen LogP contribution < -0.4 is 10.6 Å². The maximum atomic E-state index is 13.0. The van der Waals surface area contributed by atoms with Gasteiger partial charge in [0.15, 0.2) is 0 Å². The van der Waals surface area contributed by atoms with Crippen molar-refractivity contribution >= 4 is 47.2 Å². The van der Waals surface area contributed by atoms with E-state index in [0.717, 1.165) is 43.2 Å². The Hall–Kier alpha value is -4.79. The first-order valence-corrected chi connectivity index (χ1v) is 15.5. The molecule has 3 heterocycles. The lowest BCUT2D eigenvalue weighted by Gasteiger charge is -2.32. The third kappa shape index (κ3) is 6.56. The van der Waals surface area contributed by atoms with E-state index in [1.807, 2.05) is 60.7 Å². The molecule has 3 fully saturated rings. The van der Waals surface area contributed by atoms with Gasteiger partial charge in [-0.2, -0.15) is 0 Å². The number of hydrogen-bond acceptors (Lipinski definition) is 5. The Kier molecular flexibility index (Phi) is 8.81. The van der Waals surface area contributed by atoms with E-state index in [9.17, 15) is 19.2 Å². The van der Waals surface area contributed by atoms with Crippen molar-refractivity contribution < 1.29 is 19.2 Å². The Bertz CT molecular complexity index is 1530. The fourth-order valence-electron chi connectivity index (χ4n) is 6.13. The third-order valence-corrected chi connectivity index (χ3v) is 8.84. The third-order valence-electron chi connectivity index (χ3n) is 8.84. The molecule has 1 aromatic heterocycles. The summed E-state index contributed by atoms with van der Waals surface area (Å²) in [6.45, 7) is 1.21. The first-order valence-electron chi connectivity index (χ1n) is 15.5. The number of hydrogen-bond donors (Lipinski definition) is 2. The highest BCUT2D eigenvalue weighted by atomic mass is 16.2. The molecule has 6 rings (SSSR count). The predicted octanol–water partition coefficient (Wildman–Crippen LogP) is 5.22. The lowest BCUT2D eigenvalue weighted by Crippen LogP contribution is -2.46. The highest BCUT2D eigenvalue weighted by Crippen LogP contribution is 2.31. The van der Waals surface area contributed by atoms with Crippen LogP contribution in [0.5, 0.6) is 0 Å². The molecule has 1 saturated carbocycles. The summed E-state index contributed by atoms with van der Waals surface area (Å²) >= 11 is 0. The molecule has 4 amide bonds. The van der Waals surface area contributed by atoms with Crippen LogP contribution in [0, 0.1) is 5.92 Å². The quantitative estimate of drug-likeness (QED) is 0.349. The van der Waals surface area contributed by atoms with Crippen molar-refractivity contribution in [2.75, 3.05) is 23.7 Å². The van der Waals surface area contributed by atoms with Crippen LogP contribution >= 0.6 is 0 Å². The molecule has 0 spiro atoms. The zero-order valence-electron chi connectivity index (χ0n) is 24.7. The van der Waals surface area contributed by atoms with Gasteiger partial charge in [0.05, 0.1) is 5.56 Å². The summed E-state index contributed by atoms with van der Waals surface area (Å²) in [7, 11) is 0. The molecule has 2 atom stereocenters. The van der Waals surface area contributed by atoms with E-state index in [1.165, 1.54) is 6.20 Å². The van der Waals surface area contributed by atoms with Crippen LogP contribution in [-0.2, 0) is 14.4 Å². The standard InChI is InChI=1S/C35H37N5O4/c41-32(30-8-3-21-39(30)34(43)26-5-1-6-26)37-28-16-12-24(13-17-28)10-11-25-14-18-29(19-15-25)38-33(42)31-9-4-22-40(31)35(44)27-7-2-20-36-23-27/h2,7,10-20,23,26,30-31H,1,3-6,8-9,21-22H2,(H,37,41)(H,38,42)/t30-,31-/m0/s1. The predicted molar refractivity (Wildman–Crippen MR) is 169 cm³/mol. The Morgan fingerprint density at radius 2 is 1.23 bits per heavy atom. The first-order chi connectivity index (χ1) is 21.5. The highest BCUT2D eigenvalue weighted by molar-refractivity contribution is 6.01. The topological polar surface area (TPSA) is 112 Å². The summed E-state index contributed by atoms with van der Waals surface area (Å²) in [6.07, 6.45) is 13.1. The zero-order valence-corrected chi connectivity index (χ0v) is 24.7. The highest BCUT2D eigenvalue weighted by Gasteiger charge is 2.39. The van der Waals surface area contributed by atoms with Gasteiger partial charge in [0, 0.05) is 42.8 Å². The molecule has 0 radical (unpaired) electrons. The summed E-state index contributed by atoms with van der Waals surface area (Å²) in [5.74, 6) is -0.254. The van der Waals surface area contributed by atoms with E-state index in [-0.39, 0.29) is 35.6 Å². The van der Waals surface area contributed by atoms with Gasteiger partial charge in [0.2, 0.25) is 17.7 Å². The van der Waals surface area contributed by atoms with E-state index in [2.05, 4.69) is 15.6 Å². The van der Waals surface area contributed by atoms with Crippen LogP contribution in [0.2, 0.25) is 0 Å². The summed E-state index contributed by atoms with van der Waals surface area (Å²) in [4.78, 5) is 59.1.